The molecule has 0 heterocycles. The highest BCUT2D eigenvalue weighted by atomic mass is 28.3. The van der Waals surface area contributed by atoms with Crippen molar-refractivity contribution in [2.24, 2.45) is 5.41 Å². The first kappa shape index (κ1) is 11.3. The average molecular weight is 206 g/mol. The summed E-state index contributed by atoms with van der Waals surface area (Å²) >= 11 is 0. The van der Waals surface area contributed by atoms with Crippen LogP contribution in [0, 0.1) is 16.9 Å². The standard InChI is InChI=1S/C12H18OSi/c1-12(9-10-14(2,3)4)7-5-11(13)6-8-12/h5,7H,6,8H2,1-4H3. The third kappa shape index (κ3) is 3.51. The Morgan fingerprint density at radius 1 is 1.43 bits per heavy atom. The van der Waals surface area contributed by atoms with Gasteiger partial charge in [-0.1, -0.05) is 31.6 Å². The van der Waals surface area contributed by atoms with E-state index in [1.165, 1.54) is 0 Å². The minimum absolute atomic E-state index is 0.0613. The summed E-state index contributed by atoms with van der Waals surface area (Å²) in [7, 11) is -1.29. The number of hydrogen-bond acceptors (Lipinski definition) is 1. The molecule has 0 N–H and O–H groups in total. The highest BCUT2D eigenvalue weighted by Crippen LogP contribution is 2.28. The fraction of sp³-hybridized carbons (Fsp3) is 0.583. The molecule has 0 aromatic carbocycles. The number of carbonyl (C=O) groups excluding carboxylic acids is 1. The summed E-state index contributed by atoms with van der Waals surface area (Å²) in [4.78, 5) is 11.0. The van der Waals surface area contributed by atoms with Crippen LogP contribution in [0.5, 0.6) is 0 Å². The van der Waals surface area contributed by atoms with Crippen LogP contribution < -0.4 is 0 Å². The lowest BCUT2D eigenvalue weighted by atomic mass is 9.81. The first-order valence-electron chi connectivity index (χ1n) is 5.07. The van der Waals surface area contributed by atoms with Crippen LogP contribution in [0.25, 0.3) is 0 Å². The molecule has 1 atom stereocenters. The summed E-state index contributed by atoms with van der Waals surface area (Å²) in [6.07, 6.45) is 5.17. The fourth-order valence-corrected chi connectivity index (χ4v) is 1.92. The van der Waals surface area contributed by atoms with E-state index in [1.807, 2.05) is 6.08 Å². The molecular weight excluding hydrogens is 188 g/mol. The van der Waals surface area contributed by atoms with Gasteiger partial charge in [0.05, 0.1) is 0 Å². The Hall–Kier alpha value is -0.813. The third-order valence-corrected chi connectivity index (χ3v) is 3.13. The zero-order chi connectivity index (χ0) is 10.8. The molecule has 1 unspecified atom stereocenters. The molecule has 1 rings (SSSR count). The van der Waals surface area contributed by atoms with E-state index >= 15 is 0 Å². The molecule has 1 nitrogen and oxygen atoms in total. The van der Waals surface area contributed by atoms with Gasteiger partial charge in [0, 0.05) is 11.8 Å². The highest BCUT2D eigenvalue weighted by molar-refractivity contribution is 6.83. The van der Waals surface area contributed by atoms with Gasteiger partial charge in [0.1, 0.15) is 8.07 Å². The van der Waals surface area contributed by atoms with Crippen LogP contribution in [-0.2, 0) is 4.79 Å². The molecule has 76 valence electrons. The minimum Gasteiger partial charge on any atom is -0.295 e. The maximum absolute atomic E-state index is 11.0. The zero-order valence-corrected chi connectivity index (χ0v) is 10.5. The summed E-state index contributed by atoms with van der Waals surface area (Å²) in [5, 5.41) is 0. The second-order valence-electron chi connectivity index (χ2n) is 5.22. The summed E-state index contributed by atoms with van der Waals surface area (Å²) < 4.78 is 0. The molecule has 0 spiro atoms. The van der Waals surface area contributed by atoms with Crippen molar-refractivity contribution in [1.82, 2.24) is 0 Å². The number of rotatable bonds is 0. The predicted octanol–water partition coefficient (Wildman–Crippen LogP) is 2.79. The van der Waals surface area contributed by atoms with E-state index in [1.54, 1.807) is 6.08 Å². The molecule has 0 saturated carbocycles. The fourth-order valence-electron chi connectivity index (χ4n) is 1.26. The maximum Gasteiger partial charge on any atom is 0.155 e. The van der Waals surface area contributed by atoms with Crippen molar-refractivity contribution in [3.05, 3.63) is 12.2 Å². The zero-order valence-electron chi connectivity index (χ0n) is 9.48. The Bertz CT molecular complexity index is 324. The molecule has 0 aromatic heterocycles. The smallest absolute Gasteiger partial charge is 0.155 e. The normalized spacial score (nSPS) is 27.0. The van der Waals surface area contributed by atoms with Gasteiger partial charge in [-0.25, -0.2) is 0 Å². The van der Waals surface area contributed by atoms with E-state index in [0.29, 0.717) is 6.42 Å². The van der Waals surface area contributed by atoms with Crippen LogP contribution in [-0.4, -0.2) is 13.9 Å². The molecule has 0 aromatic rings. The van der Waals surface area contributed by atoms with Crippen LogP contribution in [0.3, 0.4) is 0 Å². The second-order valence-corrected chi connectivity index (χ2v) is 9.97. The molecule has 0 aliphatic heterocycles. The molecule has 0 amide bonds. The number of allylic oxidation sites excluding steroid dienone is 2. The van der Waals surface area contributed by atoms with Crippen LogP contribution in [0.15, 0.2) is 12.2 Å². The van der Waals surface area contributed by atoms with E-state index in [-0.39, 0.29) is 11.2 Å². The van der Waals surface area contributed by atoms with Crippen LogP contribution in [0.1, 0.15) is 19.8 Å². The van der Waals surface area contributed by atoms with Gasteiger partial charge in [-0.2, -0.15) is 0 Å². The van der Waals surface area contributed by atoms with Gasteiger partial charge in [0.25, 0.3) is 0 Å². The Balaban J connectivity index is 2.81. The van der Waals surface area contributed by atoms with Crippen LogP contribution in [0.4, 0.5) is 0 Å². The monoisotopic (exact) mass is 206 g/mol. The van der Waals surface area contributed by atoms with Crippen molar-refractivity contribution in [2.45, 2.75) is 39.4 Å². The number of hydrogen-bond donors (Lipinski definition) is 0. The second kappa shape index (κ2) is 3.74. The quantitative estimate of drug-likeness (QED) is 0.440. The topological polar surface area (TPSA) is 17.1 Å². The third-order valence-electron chi connectivity index (χ3n) is 2.25. The molecule has 0 bridgehead atoms. The van der Waals surface area contributed by atoms with E-state index in [4.69, 9.17) is 0 Å². The lowest BCUT2D eigenvalue weighted by Crippen LogP contribution is -2.21. The lowest BCUT2D eigenvalue weighted by molar-refractivity contribution is -0.115. The first-order valence-corrected chi connectivity index (χ1v) is 8.57. The van der Waals surface area contributed by atoms with Crippen molar-refractivity contribution < 1.29 is 4.79 Å². The predicted molar refractivity (Wildman–Crippen MR) is 62.6 cm³/mol. The van der Waals surface area contributed by atoms with E-state index in [0.717, 1.165) is 6.42 Å². The Labute approximate surface area is 87.6 Å². The Morgan fingerprint density at radius 2 is 2.07 bits per heavy atom. The van der Waals surface area contributed by atoms with Crippen molar-refractivity contribution in [3.63, 3.8) is 0 Å². The van der Waals surface area contributed by atoms with Gasteiger partial charge < -0.3 is 0 Å². The summed E-state index contributed by atoms with van der Waals surface area (Å²) in [6, 6.07) is 0. The van der Waals surface area contributed by atoms with Gasteiger partial charge in [-0.05, 0) is 19.4 Å². The lowest BCUT2D eigenvalue weighted by Gasteiger charge is -2.22. The van der Waals surface area contributed by atoms with E-state index in [2.05, 4.69) is 38.0 Å². The van der Waals surface area contributed by atoms with Crippen LogP contribution >= 0.6 is 0 Å². The molecular formula is C12H18OSi. The molecule has 14 heavy (non-hydrogen) atoms. The maximum atomic E-state index is 11.0. The highest BCUT2D eigenvalue weighted by Gasteiger charge is 2.23. The number of carbonyl (C=O) groups is 1. The van der Waals surface area contributed by atoms with Crippen molar-refractivity contribution >= 4 is 13.9 Å². The van der Waals surface area contributed by atoms with Gasteiger partial charge in [-0.15, -0.1) is 5.54 Å². The Kier molecular flexibility index (Phi) is 3.01. The van der Waals surface area contributed by atoms with Crippen molar-refractivity contribution in [1.29, 1.82) is 0 Å². The SMILES string of the molecule is CC1(C#C[Si](C)(C)C)C=CC(=O)CC1. The van der Waals surface area contributed by atoms with E-state index < -0.39 is 8.07 Å². The molecule has 0 fully saturated rings. The minimum atomic E-state index is -1.29. The molecule has 1 aliphatic rings. The van der Waals surface area contributed by atoms with Crippen molar-refractivity contribution in [3.8, 4) is 11.5 Å². The summed E-state index contributed by atoms with van der Waals surface area (Å²) in [6.45, 7) is 8.83. The van der Waals surface area contributed by atoms with Gasteiger partial charge in [0.15, 0.2) is 5.78 Å². The number of ketones is 1. The van der Waals surface area contributed by atoms with Crippen molar-refractivity contribution in [2.75, 3.05) is 0 Å². The molecule has 0 radical (unpaired) electrons. The molecule has 0 saturated heterocycles. The van der Waals surface area contributed by atoms with Crippen LogP contribution in [0.2, 0.25) is 19.6 Å². The van der Waals surface area contributed by atoms with E-state index in [9.17, 15) is 4.79 Å². The summed E-state index contributed by atoms with van der Waals surface area (Å²) in [5.41, 5.74) is 3.31. The molecule has 2 heteroatoms. The Morgan fingerprint density at radius 3 is 2.50 bits per heavy atom. The van der Waals surface area contributed by atoms with Gasteiger partial charge in [-0.3, -0.25) is 4.79 Å². The summed E-state index contributed by atoms with van der Waals surface area (Å²) in [5.74, 6) is 3.56. The molecule has 1 aliphatic carbocycles. The first-order chi connectivity index (χ1) is 6.31. The van der Waals surface area contributed by atoms with Gasteiger partial charge >= 0.3 is 0 Å². The largest absolute Gasteiger partial charge is 0.295 e. The average Bonchev–Trinajstić information content (AvgIpc) is 2.07. The van der Waals surface area contributed by atoms with Gasteiger partial charge in [0.2, 0.25) is 0 Å².